The Morgan fingerprint density at radius 3 is 2.79 bits per heavy atom. The maximum Gasteiger partial charge on any atom is 0.354 e. The van der Waals surface area contributed by atoms with Crippen molar-refractivity contribution in [3.05, 3.63) is 35.0 Å². The minimum Gasteiger partial charge on any atom is -0.497 e. The van der Waals surface area contributed by atoms with E-state index in [1.54, 1.807) is 26.2 Å². The van der Waals surface area contributed by atoms with Crippen LogP contribution in [0.2, 0.25) is 0 Å². The summed E-state index contributed by atoms with van der Waals surface area (Å²) >= 11 is 0. The molecule has 0 aromatic heterocycles. The van der Waals surface area contributed by atoms with Gasteiger partial charge in [-0.15, -0.1) is 0 Å². The number of aryl methyl sites for hydroxylation is 1. The number of esters is 1. The number of amides is 1. The van der Waals surface area contributed by atoms with Crippen LogP contribution in [-0.2, 0) is 14.3 Å². The van der Waals surface area contributed by atoms with Gasteiger partial charge in [0.2, 0.25) is 0 Å². The number of carbonyl (C=O) groups is 2. The first-order chi connectivity index (χ1) is 11.5. The van der Waals surface area contributed by atoms with Gasteiger partial charge in [-0.2, -0.15) is 0 Å². The van der Waals surface area contributed by atoms with Crippen LogP contribution in [0, 0.1) is 6.92 Å². The molecule has 0 radical (unpaired) electrons. The first-order valence-corrected chi connectivity index (χ1v) is 7.65. The van der Waals surface area contributed by atoms with Crippen molar-refractivity contribution in [2.24, 2.45) is 10.7 Å². The molecule has 128 valence electrons. The third-order valence-electron chi connectivity index (χ3n) is 3.62. The van der Waals surface area contributed by atoms with E-state index in [1.807, 2.05) is 13.0 Å². The SMILES string of the molecule is CCOC(=O)C(N)=C1CCNC(=O)C1=Nc1ccc(OC)cc1C. The van der Waals surface area contributed by atoms with Gasteiger partial charge in [-0.25, -0.2) is 9.79 Å². The monoisotopic (exact) mass is 331 g/mol. The molecule has 1 amide bonds. The summed E-state index contributed by atoms with van der Waals surface area (Å²) in [5.74, 6) is -0.300. The first-order valence-electron chi connectivity index (χ1n) is 7.65. The first kappa shape index (κ1) is 17.5. The topological polar surface area (TPSA) is 103 Å². The van der Waals surface area contributed by atoms with Crippen molar-refractivity contribution < 1.29 is 19.1 Å². The largest absolute Gasteiger partial charge is 0.497 e. The molecule has 1 aromatic rings. The van der Waals surface area contributed by atoms with Gasteiger partial charge >= 0.3 is 5.97 Å². The maximum atomic E-state index is 12.2. The minimum atomic E-state index is -0.638. The van der Waals surface area contributed by atoms with Crippen molar-refractivity contribution in [1.29, 1.82) is 0 Å². The molecule has 0 spiro atoms. The number of aliphatic imine (C=N–C) groups is 1. The van der Waals surface area contributed by atoms with E-state index in [2.05, 4.69) is 10.3 Å². The Morgan fingerprint density at radius 2 is 2.17 bits per heavy atom. The number of methoxy groups -OCH3 is 1. The zero-order chi connectivity index (χ0) is 17.7. The van der Waals surface area contributed by atoms with Gasteiger partial charge in [0.05, 0.1) is 19.4 Å². The number of nitrogens with one attached hydrogen (secondary N) is 1. The quantitative estimate of drug-likeness (QED) is 0.641. The van der Waals surface area contributed by atoms with E-state index in [-0.39, 0.29) is 23.9 Å². The number of hydrogen-bond donors (Lipinski definition) is 2. The zero-order valence-electron chi connectivity index (χ0n) is 14.0. The zero-order valence-corrected chi connectivity index (χ0v) is 14.0. The molecule has 1 saturated heterocycles. The maximum absolute atomic E-state index is 12.2. The highest BCUT2D eigenvalue weighted by Gasteiger charge is 2.27. The van der Waals surface area contributed by atoms with Gasteiger partial charge in [0.15, 0.2) is 0 Å². The van der Waals surface area contributed by atoms with Gasteiger partial charge in [-0.1, -0.05) is 0 Å². The molecule has 0 atom stereocenters. The summed E-state index contributed by atoms with van der Waals surface area (Å²) in [6.45, 7) is 4.16. The standard InChI is InChI=1S/C17H21N3O4/c1-4-24-17(22)14(18)12-7-8-19-16(21)15(12)20-13-6-5-11(23-3)9-10(13)2/h5-6,9H,4,7-8,18H2,1-3H3,(H,19,21). The van der Waals surface area contributed by atoms with Crippen molar-refractivity contribution >= 4 is 23.3 Å². The van der Waals surface area contributed by atoms with Gasteiger partial charge in [-0.05, 0) is 44.0 Å². The van der Waals surface area contributed by atoms with Crippen molar-refractivity contribution in [3.8, 4) is 5.75 Å². The number of nitrogens with two attached hydrogens (primary N) is 1. The second kappa shape index (κ2) is 7.63. The van der Waals surface area contributed by atoms with Crippen LogP contribution in [0.5, 0.6) is 5.75 Å². The summed E-state index contributed by atoms with van der Waals surface area (Å²) in [5.41, 5.74) is 7.82. The summed E-state index contributed by atoms with van der Waals surface area (Å²) < 4.78 is 10.1. The lowest BCUT2D eigenvalue weighted by molar-refractivity contribution is -0.138. The molecule has 0 unspecified atom stereocenters. The minimum absolute atomic E-state index is 0.0726. The van der Waals surface area contributed by atoms with Crippen LogP contribution in [0.4, 0.5) is 5.69 Å². The lowest BCUT2D eigenvalue weighted by Gasteiger charge is -2.19. The van der Waals surface area contributed by atoms with Crippen molar-refractivity contribution in [3.63, 3.8) is 0 Å². The third kappa shape index (κ3) is 3.73. The summed E-state index contributed by atoms with van der Waals surface area (Å²) in [6.07, 6.45) is 0.421. The highest BCUT2D eigenvalue weighted by molar-refractivity contribution is 6.47. The molecule has 7 heteroatoms. The van der Waals surface area contributed by atoms with E-state index in [0.29, 0.717) is 30.0 Å². The van der Waals surface area contributed by atoms with Gasteiger partial charge in [0.1, 0.15) is 17.2 Å². The second-order valence-corrected chi connectivity index (χ2v) is 5.23. The number of benzene rings is 1. The summed E-state index contributed by atoms with van der Waals surface area (Å²) in [6, 6.07) is 5.32. The van der Waals surface area contributed by atoms with E-state index in [0.717, 1.165) is 5.56 Å². The molecule has 24 heavy (non-hydrogen) atoms. The van der Waals surface area contributed by atoms with Crippen LogP contribution in [0.1, 0.15) is 18.9 Å². The fourth-order valence-corrected chi connectivity index (χ4v) is 2.35. The molecule has 0 saturated carbocycles. The highest BCUT2D eigenvalue weighted by Crippen LogP contribution is 2.26. The fourth-order valence-electron chi connectivity index (χ4n) is 2.35. The average Bonchev–Trinajstić information content (AvgIpc) is 2.57. The number of nitrogens with zero attached hydrogens (tertiary/aromatic N) is 1. The van der Waals surface area contributed by atoms with E-state index < -0.39 is 5.97 Å². The van der Waals surface area contributed by atoms with Gasteiger partial charge in [0.25, 0.3) is 5.91 Å². The summed E-state index contributed by atoms with van der Waals surface area (Å²) in [7, 11) is 1.58. The number of hydrogen-bond acceptors (Lipinski definition) is 6. The Labute approximate surface area is 140 Å². The van der Waals surface area contributed by atoms with Crippen molar-refractivity contribution in [1.82, 2.24) is 5.32 Å². The van der Waals surface area contributed by atoms with Crippen LogP contribution >= 0.6 is 0 Å². The molecular weight excluding hydrogens is 310 g/mol. The Morgan fingerprint density at radius 1 is 1.42 bits per heavy atom. The fraction of sp³-hybridized carbons (Fsp3) is 0.353. The van der Waals surface area contributed by atoms with Crippen LogP contribution in [0.25, 0.3) is 0 Å². The van der Waals surface area contributed by atoms with E-state index in [4.69, 9.17) is 15.2 Å². The summed E-state index contributed by atoms with van der Waals surface area (Å²) in [5, 5.41) is 2.71. The molecule has 1 fully saturated rings. The van der Waals surface area contributed by atoms with E-state index >= 15 is 0 Å². The number of rotatable bonds is 4. The third-order valence-corrected chi connectivity index (χ3v) is 3.62. The molecule has 1 aromatic carbocycles. The smallest absolute Gasteiger partial charge is 0.354 e. The molecule has 0 aliphatic carbocycles. The lowest BCUT2D eigenvalue weighted by atomic mass is 9.99. The molecular formula is C17H21N3O4. The van der Waals surface area contributed by atoms with E-state index in [9.17, 15) is 9.59 Å². The van der Waals surface area contributed by atoms with Gasteiger partial charge < -0.3 is 20.5 Å². The molecule has 7 nitrogen and oxygen atoms in total. The summed E-state index contributed by atoms with van der Waals surface area (Å²) in [4.78, 5) is 28.5. The van der Waals surface area contributed by atoms with Crippen LogP contribution in [0.3, 0.4) is 0 Å². The molecule has 2 rings (SSSR count). The van der Waals surface area contributed by atoms with Crippen LogP contribution in [-0.4, -0.2) is 37.8 Å². The Kier molecular flexibility index (Phi) is 5.57. The molecule has 1 aliphatic heterocycles. The predicted molar refractivity (Wildman–Crippen MR) is 90.3 cm³/mol. The van der Waals surface area contributed by atoms with Gasteiger partial charge in [0, 0.05) is 12.1 Å². The van der Waals surface area contributed by atoms with Gasteiger partial charge in [-0.3, -0.25) is 4.79 Å². The number of ether oxygens (including phenoxy) is 2. The molecule has 1 heterocycles. The van der Waals surface area contributed by atoms with Crippen LogP contribution in [0.15, 0.2) is 34.5 Å². The lowest BCUT2D eigenvalue weighted by Crippen LogP contribution is -2.40. The van der Waals surface area contributed by atoms with Crippen molar-refractivity contribution in [2.45, 2.75) is 20.3 Å². The normalized spacial score (nSPS) is 18.1. The average molecular weight is 331 g/mol. The predicted octanol–water partition coefficient (Wildman–Crippen LogP) is 1.37. The Hall–Kier alpha value is -2.83. The number of carbonyl (C=O) groups excluding carboxylic acids is 2. The van der Waals surface area contributed by atoms with Crippen molar-refractivity contribution in [2.75, 3.05) is 20.3 Å². The van der Waals surface area contributed by atoms with Crippen LogP contribution < -0.4 is 15.8 Å². The van der Waals surface area contributed by atoms with E-state index in [1.165, 1.54) is 0 Å². The highest BCUT2D eigenvalue weighted by atomic mass is 16.5. The Balaban J connectivity index is 2.48. The molecule has 0 bridgehead atoms. The molecule has 1 aliphatic rings. The Bertz CT molecular complexity index is 723. The number of piperidine rings is 1. The second-order valence-electron chi connectivity index (χ2n) is 5.23. The molecule has 3 N–H and O–H groups in total.